The van der Waals surface area contributed by atoms with Gasteiger partial charge >= 0.3 is 0 Å². The molecule has 1 aliphatic rings. The number of benzene rings is 2. The Labute approximate surface area is 185 Å². The number of nitrogens with one attached hydrogen (secondary N) is 2. The van der Waals surface area contributed by atoms with E-state index in [0.29, 0.717) is 18.7 Å². The van der Waals surface area contributed by atoms with E-state index >= 15 is 0 Å². The summed E-state index contributed by atoms with van der Waals surface area (Å²) in [5.41, 5.74) is 2.75. The Morgan fingerprint density at radius 2 is 1.81 bits per heavy atom. The highest BCUT2D eigenvalue weighted by molar-refractivity contribution is 5.98. The molecule has 2 atom stereocenters. The van der Waals surface area contributed by atoms with Crippen LogP contribution in [0.5, 0.6) is 0 Å². The largest absolute Gasteiger partial charge is 0.374 e. The van der Waals surface area contributed by atoms with Crippen molar-refractivity contribution >= 4 is 11.8 Å². The highest BCUT2D eigenvalue weighted by Gasteiger charge is 2.27. The van der Waals surface area contributed by atoms with Crippen LogP contribution in [0.3, 0.4) is 0 Å². The molecular formula is C25H33N3O3. The fourth-order valence-electron chi connectivity index (χ4n) is 3.80. The summed E-state index contributed by atoms with van der Waals surface area (Å²) >= 11 is 0. The fourth-order valence-corrected chi connectivity index (χ4v) is 3.80. The molecule has 2 unspecified atom stereocenters. The Morgan fingerprint density at radius 1 is 1.10 bits per heavy atom. The van der Waals surface area contributed by atoms with Crippen LogP contribution in [0, 0.1) is 12.8 Å². The molecule has 2 amide bonds. The second-order valence-electron chi connectivity index (χ2n) is 8.47. The van der Waals surface area contributed by atoms with Gasteiger partial charge in [0.2, 0.25) is 5.91 Å². The minimum atomic E-state index is -0.601. The van der Waals surface area contributed by atoms with Crippen molar-refractivity contribution in [1.82, 2.24) is 15.5 Å². The summed E-state index contributed by atoms with van der Waals surface area (Å²) in [6.07, 6.45) is -0.0682. The number of ether oxygens (including phenoxy) is 1. The summed E-state index contributed by atoms with van der Waals surface area (Å²) in [6, 6.07) is 17.1. The molecule has 0 spiro atoms. The molecule has 3 rings (SSSR count). The number of hydrogen-bond acceptors (Lipinski definition) is 4. The zero-order chi connectivity index (χ0) is 22.2. The Balaban J connectivity index is 1.52. The van der Waals surface area contributed by atoms with Crippen LogP contribution in [-0.2, 0) is 16.1 Å². The molecule has 0 aromatic heterocycles. The van der Waals surface area contributed by atoms with Crippen molar-refractivity contribution < 1.29 is 14.3 Å². The first-order valence-corrected chi connectivity index (χ1v) is 11.0. The van der Waals surface area contributed by atoms with Crippen molar-refractivity contribution in [3.8, 4) is 0 Å². The Bertz CT molecular complexity index is 869. The van der Waals surface area contributed by atoms with E-state index in [-0.39, 0.29) is 23.8 Å². The van der Waals surface area contributed by atoms with Gasteiger partial charge in [-0.15, -0.1) is 0 Å². The smallest absolute Gasteiger partial charge is 0.252 e. The summed E-state index contributed by atoms with van der Waals surface area (Å²) in [6.45, 7) is 9.33. The zero-order valence-corrected chi connectivity index (χ0v) is 18.6. The molecule has 2 aromatic rings. The van der Waals surface area contributed by atoms with Gasteiger partial charge in [0.05, 0.1) is 12.7 Å². The first-order chi connectivity index (χ1) is 14.9. The molecule has 166 valence electrons. The van der Waals surface area contributed by atoms with Gasteiger partial charge in [-0.25, -0.2) is 0 Å². The third kappa shape index (κ3) is 6.64. The van der Waals surface area contributed by atoms with Crippen LogP contribution in [0.15, 0.2) is 54.6 Å². The van der Waals surface area contributed by atoms with Crippen molar-refractivity contribution in [3.05, 3.63) is 71.3 Å². The average Bonchev–Trinajstić information content (AvgIpc) is 2.77. The fraction of sp³-hybridized carbons (Fsp3) is 0.440. The van der Waals surface area contributed by atoms with Crippen molar-refractivity contribution in [2.24, 2.45) is 5.92 Å². The Hall–Kier alpha value is -2.70. The van der Waals surface area contributed by atoms with Crippen molar-refractivity contribution in [2.75, 3.05) is 26.2 Å². The zero-order valence-electron chi connectivity index (χ0n) is 18.6. The van der Waals surface area contributed by atoms with Gasteiger partial charge in [0.1, 0.15) is 6.04 Å². The summed E-state index contributed by atoms with van der Waals surface area (Å²) in [5, 5.41) is 5.88. The van der Waals surface area contributed by atoms with Gasteiger partial charge in [0.25, 0.3) is 5.91 Å². The van der Waals surface area contributed by atoms with E-state index in [2.05, 4.69) is 27.7 Å². The highest BCUT2D eigenvalue weighted by Crippen LogP contribution is 2.12. The molecule has 6 heteroatoms. The maximum absolute atomic E-state index is 12.9. The number of amides is 2. The lowest BCUT2D eigenvalue weighted by Crippen LogP contribution is -2.53. The highest BCUT2D eigenvalue weighted by atomic mass is 16.5. The van der Waals surface area contributed by atoms with Crippen LogP contribution < -0.4 is 10.6 Å². The first kappa shape index (κ1) is 23.0. The maximum Gasteiger partial charge on any atom is 0.252 e. The molecular weight excluding hydrogens is 390 g/mol. The van der Waals surface area contributed by atoms with E-state index in [0.717, 1.165) is 25.2 Å². The minimum absolute atomic E-state index is 0.0326. The van der Waals surface area contributed by atoms with E-state index in [9.17, 15) is 9.59 Å². The molecule has 0 bridgehead atoms. The quantitative estimate of drug-likeness (QED) is 0.685. The Kier molecular flexibility index (Phi) is 8.20. The van der Waals surface area contributed by atoms with E-state index in [4.69, 9.17) is 4.74 Å². The van der Waals surface area contributed by atoms with Gasteiger partial charge in [-0.1, -0.05) is 62.4 Å². The molecule has 1 fully saturated rings. The standard InChI is InChI=1S/C25H33N3O3/c1-18(2)23(27-24(29)22-12-8-7-9-19(22)3)25(30)26-15-21-17-28(13-14-31-21)16-20-10-5-4-6-11-20/h4-12,18,21,23H,13-17H2,1-3H3,(H,26,30)(H,27,29). The van der Waals surface area contributed by atoms with Gasteiger partial charge < -0.3 is 15.4 Å². The molecule has 6 nitrogen and oxygen atoms in total. The molecule has 2 N–H and O–H groups in total. The molecule has 2 aromatic carbocycles. The lowest BCUT2D eigenvalue weighted by atomic mass is 10.0. The van der Waals surface area contributed by atoms with Gasteiger partial charge in [0, 0.05) is 31.7 Å². The molecule has 1 saturated heterocycles. The summed E-state index contributed by atoms with van der Waals surface area (Å²) in [4.78, 5) is 27.9. The number of morpholine rings is 1. The van der Waals surface area contributed by atoms with Crippen molar-refractivity contribution in [2.45, 2.75) is 39.5 Å². The third-order valence-electron chi connectivity index (χ3n) is 5.60. The van der Waals surface area contributed by atoms with E-state index in [1.165, 1.54) is 5.56 Å². The second kappa shape index (κ2) is 11.1. The number of carbonyl (C=O) groups is 2. The number of nitrogens with zero attached hydrogens (tertiary/aromatic N) is 1. The topological polar surface area (TPSA) is 70.7 Å². The van der Waals surface area contributed by atoms with Crippen molar-refractivity contribution in [1.29, 1.82) is 0 Å². The predicted molar refractivity (Wildman–Crippen MR) is 122 cm³/mol. The Morgan fingerprint density at radius 3 is 2.52 bits per heavy atom. The van der Waals surface area contributed by atoms with Crippen LogP contribution in [0.2, 0.25) is 0 Å². The van der Waals surface area contributed by atoms with Gasteiger partial charge in [-0.3, -0.25) is 14.5 Å². The summed E-state index contributed by atoms with van der Waals surface area (Å²) in [5.74, 6) is -0.439. The van der Waals surface area contributed by atoms with Crippen LogP contribution in [0.1, 0.15) is 35.3 Å². The van der Waals surface area contributed by atoms with Gasteiger partial charge in [-0.2, -0.15) is 0 Å². The molecule has 0 aliphatic carbocycles. The molecule has 1 aliphatic heterocycles. The van der Waals surface area contributed by atoms with Gasteiger partial charge in [0.15, 0.2) is 0 Å². The summed E-state index contributed by atoms with van der Waals surface area (Å²) < 4.78 is 5.86. The number of hydrogen-bond donors (Lipinski definition) is 2. The third-order valence-corrected chi connectivity index (χ3v) is 5.60. The van der Waals surface area contributed by atoms with Crippen LogP contribution in [0.4, 0.5) is 0 Å². The number of carbonyl (C=O) groups excluding carboxylic acids is 2. The lowest BCUT2D eigenvalue weighted by Gasteiger charge is -2.33. The average molecular weight is 424 g/mol. The SMILES string of the molecule is Cc1ccccc1C(=O)NC(C(=O)NCC1CN(Cc2ccccc2)CCO1)C(C)C. The predicted octanol–water partition coefficient (Wildman–Crippen LogP) is 2.77. The normalized spacial score (nSPS) is 17.9. The number of aryl methyl sites for hydroxylation is 1. The second-order valence-corrected chi connectivity index (χ2v) is 8.47. The van der Waals surface area contributed by atoms with E-state index < -0.39 is 6.04 Å². The van der Waals surface area contributed by atoms with Gasteiger partial charge in [-0.05, 0) is 30.0 Å². The monoisotopic (exact) mass is 423 g/mol. The van der Waals surface area contributed by atoms with Crippen LogP contribution in [-0.4, -0.2) is 55.1 Å². The van der Waals surface area contributed by atoms with Crippen molar-refractivity contribution in [3.63, 3.8) is 0 Å². The maximum atomic E-state index is 12.9. The van der Waals surface area contributed by atoms with Crippen LogP contribution in [0.25, 0.3) is 0 Å². The van der Waals surface area contributed by atoms with E-state index in [1.54, 1.807) is 6.07 Å². The number of rotatable bonds is 8. The lowest BCUT2D eigenvalue weighted by molar-refractivity contribution is -0.125. The minimum Gasteiger partial charge on any atom is -0.374 e. The molecule has 0 radical (unpaired) electrons. The molecule has 1 heterocycles. The molecule has 0 saturated carbocycles. The molecule has 31 heavy (non-hydrogen) atoms. The summed E-state index contributed by atoms with van der Waals surface area (Å²) in [7, 11) is 0. The van der Waals surface area contributed by atoms with E-state index in [1.807, 2.05) is 57.2 Å². The van der Waals surface area contributed by atoms with Crippen LogP contribution >= 0.6 is 0 Å². The first-order valence-electron chi connectivity index (χ1n) is 11.0.